The van der Waals surface area contributed by atoms with Crippen molar-refractivity contribution in [3.8, 4) is 10.6 Å². The Labute approximate surface area is 156 Å². The Balaban J connectivity index is 2.26. The average Bonchev–Trinajstić information content (AvgIpc) is 3.26. The monoisotopic (exact) mass is 394 g/mol. The second kappa shape index (κ2) is 7.29. The minimum absolute atomic E-state index is 0.0296. The van der Waals surface area contributed by atoms with Crippen LogP contribution < -0.4 is 16.7 Å². The molecule has 0 fully saturated rings. The maximum atomic E-state index is 13.2. The van der Waals surface area contributed by atoms with E-state index in [1.807, 2.05) is 19.1 Å². The van der Waals surface area contributed by atoms with E-state index in [2.05, 4.69) is 10.1 Å². The number of hydrogen-bond donors (Lipinski definition) is 2. The van der Waals surface area contributed by atoms with E-state index in [1.165, 1.54) is 30.7 Å². The number of amidine groups is 1. The fraction of sp³-hybridized carbons (Fsp3) is 0.188. The van der Waals surface area contributed by atoms with E-state index >= 15 is 0 Å². The number of esters is 1. The molecule has 0 unspecified atom stereocenters. The predicted molar refractivity (Wildman–Crippen MR) is 98.9 cm³/mol. The van der Waals surface area contributed by atoms with Crippen LogP contribution in [0.3, 0.4) is 0 Å². The third-order valence-electron chi connectivity index (χ3n) is 3.83. The van der Waals surface area contributed by atoms with Crippen molar-refractivity contribution < 1.29 is 18.3 Å². The summed E-state index contributed by atoms with van der Waals surface area (Å²) in [6.45, 7) is 1.96. The van der Waals surface area contributed by atoms with E-state index in [4.69, 9.17) is 16.4 Å². The third-order valence-corrected chi connectivity index (χ3v) is 4.86. The number of hydrogen-bond acceptors (Lipinski definition) is 7. The lowest BCUT2D eigenvalue weighted by molar-refractivity contribution is 0.0600. The summed E-state index contributed by atoms with van der Waals surface area (Å²) in [5.74, 6) is 9.35. The van der Waals surface area contributed by atoms with Gasteiger partial charge in [-0.3, -0.25) is 9.41 Å². The summed E-state index contributed by atoms with van der Waals surface area (Å²) in [5.41, 5.74) is 1.07. The first-order valence-electron chi connectivity index (χ1n) is 7.64. The average molecular weight is 394 g/mol. The normalized spacial score (nSPS) is 12.0. The molecule has 11 heteroatoms. The lowest BCUT2D eigenvalue weighted by Crippen LogP contribution is -2.42. The molecule has 0 spiro atoms. The van der Waals surface area contributed by atoms with E-state index in [0.29, 0.717) is 10.7 Å². The highest BCUT2D eigenvalue weighted by Gasteiger charge is 2.25. The second-order valence-electron chi connectivity index (χ2n) is 5.51. The number of alkyl halides is 2. The first-order valence-corrected chi connectivity index (χ1v) is 8.46. The molecule has 8 nitrogen and oxygen atoms in total. The predicted octanol–water partition coefficient (Wildman–Crippen LogP) is 2.38. The molecular weight excluding hydrogens is 378 g/mol. The molecule has 3 aromatic rings. The molecule has 0 radical (unpaired) electrons. The maximum absolute atomic E-state index is 13.2. The molecule has 0 amide bonds. The summed E-state index contributed by atoms with van der Waals surface area (Å²) >= 11 is 1.52. The second-order valence-corrected chi connectivity index (χ2v) is 6.80. The van der Waals surface area contributed by atoms with Crippen molar-refractivity contribution in [1.82, 2.24) is 9.38 Å². The van der Waals surface area contributed by atoms with Crippen LogP contribution in [0.15, 0.2) is 35.7 Å². The SMILES string of the molecule is COC(=O)c1cc(N(N)/C(=N\N)C(F)F)c2ncc(-c3ccc(C)s3)n2c1. The molecule has 0 aliphatic carbocycles. The van der Waals surface area contributed by atoms with Gasteiger partial charge in [0.2, 0.25) is 5.84 Å². The summed E-state index contributed by atoms with van der Waals surface area (Å²) in [4.78, 5) is 18.3. The molecule has 0 saturated carbocycles. The Morgan fingerprint density at radius 3 is 2.74 bits per heavy atom. The van der Waals surface area contributed by atoms with Crippen LogP contribution in [0.5, 0.6) is 0 Å². The molecule has 0 saturated heterocycles. The van der Waals surface area contributed by atoms with Crippen LogP contribution >= 0.6 is 11.3 Å². The van der Waals surface area contributed by atoms with E-state index in [9.17, 15) is 13.6 Å². The number of thiophene rings is 1. The zero-order chi connectivity index (χ0) is 19.7. The molecule has 0 bridgehead atoms. The minimum Gasteiger partial charge on any atom is -0.465 e. The van der Waals surface area contributed by atoms with Gasteiger partial charge >= 0.3 is 5.97 Å². The fourth-order valence-electron chi connectivity index (χ4n) is 2.58. The summed E-state index contributed by atoms with van der Waals surface area (Å²) in [5, 5.41) is 3.66. The largest absolute Gasteiger partial charge is 0.465 e. The number of imidazole rings is 1. The van der Waals surface area contributed by atoms with E-state index < -0.39 is 18.2 Å². The maximum Gasteiger partial charge on any atom is 0.339 e. The molecule has 3 rings (SSSR count). The van der Waals surface area contributed by atoms with E-state index in [-0.39, 0.29) is 16.9 Å². The minimum atomic E-state index is -3.02. The van der Waals surface area contributed by atoms with Crippen molar-refractivity contribution in [2.45, 2.75) is 13.3 Å². The first kappa shape index (κ1) is 18.7. The number of halogens is 2. The number of hydrazone groups is 1. The Morgan fingerprint density at radius 2 is 2.19 bits per heavy atom. The summed E-state index contributed by atoms with van der Waals surface area (Å²) in [6, 6.07) is 5.14. The number of nitrogens with zero attached hydrogens (tertiary/aromatic N) is 4. The highest BCUT2D eigenvalue weighted by molar-refractivity contribution is 7.15. The van der Waals surface area contributed by atoms with Gasteiger partial charge in [0.15, 0.2) is 5.65 Å². The van der Waals surface area contributed by atoms with Gasteiger partial charge in [0.25, 0.3) is 6.43 Å². The van der Waals surface area contributed by atoms with Crippen LogP contribution in [-0.2, 0) is 4.74 Å². The lowest BCUT2D eigenvalue weighted by atomic mass is 10.2. The molecule has 3 aromatic heterocycles. The Kier molecular flexibility index (Phi) is 5.06. The highest BCUT2D eigenvalue weighted by atomic mass is 32.1. The number of anilines is 1. The molecule has 0 aliphatic heterocycles. The number of methoxy groups -OCH3 is 1. The lowest BCUT2D eigenvalue weighted by Gasteiger charge is -2.20. The standard InChI is InChI=1S/C16H16F2N6O2S/c1-8-3-4-12(27-8)11-6-21-14-10(24(20)15(22-19)13(17)18)5-9(7-23(11)14)16(25)26-2/h3-7,13H,19-20H2,1-2H3/b22-15-. The number of aromatic nitrogens is 2. The molecule has 27 heavy (non-hydrogen) atoms. The van der Waals surface area contributed by atoms with Gasteiger partial charge < -0.3 is 10.6 Å². The molecule has 0 aromatic carbocycles. The molecule has 3 heterocycles. The number of ether oxygens (including phenoxy) is 1. The Morgan fingerprint density at radius 1 is 1.44 bits per heavy atom. The van der Waals surface area contributed by atoms with Crippen LogP contribution in [-0.4, -0.2) is 34.7 Å². The van der Waals surface area contributed by atoms with Crippen LogP contribution in [0.1, 0.15) is 15.2 Å². The summed E-state index contributed by atoms with van der Waals surface area (Å²) in [6.07, 6.45) is 0.0641. The number of hydrazine groups is 1. The quantitative estimate of drug-likeness (QED) is 0.231. The zero-order valence-corrected chi connectivity index (χ0v) is 15.2. The van der Waals surface area contributed by atoms with Crippen molar-refractivity contribution in [2.75, 3.05) is 12.1 Å². The molecule has 4 N–H and O–H groups in total. The van der Waals surface area contributed by atoms with Gasteiger partial charge in [0.05, 0.1) is 29.4 Å². The van der Waals surface area contributed by atoms with Crippen LogP contribution in [0.25, 0.3) is 16.2 Å². The number of carbonyl (C=O) groups excluding carboxylic acids is 1. The zero-order valence-electron chi connectivity index (χ0n) is 14.4. The Bertz CT molecular complexity index is 1030. The number of carbonyl (C=O) groups is 1. The summed E-state index contributed by atoms with van der Waals surface area (Å²) < 4.78 is 32.7. The summed E-state index contributed by atoms with van der Waals surface area (Å²) in [7, 11) is 1.22. The number of fused-ring (bicyclic) bond motifs is 1. The van der Waals surface area contributed by atoms with Crippen molar-refractivity contribution in [1.29, 1.82) is 0 Å². The van der Waals surface area contributed by atoms with Gasteiger partial charge in [-0.15, -0.1) is 11.3 Å². The van der Waals surface area contributed by atoms with Crippen LogP contribution in [0.2, 0.25) is 0 Å². The Hall–Kier alpha value is -3.05. The highest BCUT2D eigenvalue weighted by Crippen LogP contribution is 2.32. The van der Waals surface area contributed by atoms with E-state index in [1.54, 1.807) is 10.6 Å². The number of rotatable bonds is 4. The molecule has 0 aliphatic rings. The van der Waals surface area contributed by atoms with Gasteiger partial charge in [-0.05, 0) is 25.1 Å². The van der Waals surface area contributed by atoms with Crippen molar-refractivity contribution in [3.63, 3.8) is 0 Å². The molecule has 0 atom stereocenters. The van der Waals surface area contributed by atoms with Gasteiger partial charge in [0, 0.05) is 11.1 Å². The van der Waals surface area contributed by atoms with Gasteiger partial charge in [-0.2, -0.15) is 5.10 Å². The first-order chi connectivity index (χ1) is 12.9. The molecule has 142 valence electrons. The van der Waals surface area contributed by atoms with Gasteiger partial charge in [-0.1, -0.05) is 0 Å². The van der Waals surface area contributed by atoms with E-state index in [0.717, 1.165) is 9.75 Å². The third kappa shape index (κ3) is 3.34. The van der Waals surface area contributed by atoms with Crippen LogP contribution in [0.4, 0.5) is 14.5 Å². The topological polar surface area (TPSA) is 111 Å². The van der Waals surface area contributed by atoms with Crippen molar-refractivity contribution >= 4 is 34.5 Å². The van der Waals surface area contributed by atoms with Crippen molar-refractivity contribution in [3.05, 3.63) is 41.0 Å². The number of pyridine rings is 1. The van der Waals surface area contributed by atoms with Crippen molar-refractivity contribution in [2.24, 2.45) is 16.8 Å². The van der Waals surface area contributed by atoms with Gasteiger partial charge in [0.1, 0.15) is 5.69 Å². The van der Waals surface area contributed by atoms with Crippen LogP contribution in [0, 0.1) is 6.92 Å². The fourth-order valence-corrected chi connectivity index (χ4v) is 3.45. The number of nitrogens with two attached hydrogens (primary N) is 2. The molecular formula is C16H16F2N6O2S. The van der Waals surface area contributed by atoms with Gasteiger partial charge in [-0.25, -0.2) is 24.4 Å². The smallest absolute Gasteiger partial charge is 0.339 e. The number of aryl methyl sites for hydroxylation is 1.